The highest BCUT2D eigenvalue weighted by molar-refractivity contribution is 5.90. The average molecular weight is 436 g/mol. The molecule has 1 N–H and O–H groups in total. The fourth-order valence-corrected chi connectivity index (χ4v) is 3.85. The summed E-state index contributed by atoms with van der Waals surface area (Å²) in [6.45, 7) is 0.972. The molecule has 31 heavy (non-hydrogen) atoms. The van der Waals surface area contributed by atoms with Gasteiger partial charge in [-0.15, -0.1) is 0 Å². The number of aromatic nitrogens is 3. The van der Waals surface area contributed by atoms with Crippen molar-refractivity contribution in [3.05, 3.63) is 36.2 Å². The van der Waals surface area contributed by atoms with Crippen molar-refractivity contribution in [3.8, 4) is 0 Å². The average Bonchev–Trinajstić information content (AvgIpc) is 3.42. The molecule has 2 amide bonds. The monoisotopic (exact) mass is 436 g/mol. The van der Waals surface area contributed by atoms with Gasteiger partial charge in [0.1, 0.15) is 11.8 Å². The highest BCUT2D eigenvalue weighted by atomic mass is 19.1. The molecule has 2 aliphatic rings. The van der Waals surface area contributed by atoms with Crippen molar-refractivity contribution < 1.29 is 27.8 Å². The molecular formula is C19H22F2N6O4. The zero-order chi connectivity index (χ0) is 22.0. The highest BCUT2D eigenvalue weighted by Crippen LogP contribution is 2.33. The van der Waals surface area contributed by atoms with E-state index in [0.29, 0.717) is 25.9 Å². The lowest BCUT2D eigenvalue weighted by Crippen LogP contribution is -2.36. The predicted molar refractivity (Wildman–Crippen MR) is 105 cm³/mol. The zero-order valence-corrected chi connectivity index (χ0v) is 16.8. The van der Waals surface area contributed by atoms with E-state index in [1.807, 2.05) is 0 Å². The molecule has 1 aromatic carbocycles. The third kappa shape index (κ3) is 4.37. The van der Waals surface area contributed by atoms with Crippen LogP contribution in [0.3, 0.4) is 0 Å². The molecule has 166 valence electrons. The number of nitrogens with zero attached hydrogens (tertiary/aromatic N) is 5. The summed E-state index contributed by atoms with van der Waals surface area (Å²) in [5.74, 6) is -1.51. The van der Waals surface area contributed by atoms with Crippen LogP contribution in [-0.2, 0) is 9.47 Å². The van der Waals surface area contributed by atoms with Crippen LogP contribution in [0.1, 0.15) is 18.9 Å². The Balaban J connectivity index is 1.43. The molecule has 1 aromatic heterocycles. The zero-order valence-electron chi connectivity index (χ0n) is 16.8. The number of cyclic esters (lactones) is 1. The van der Waals surface area contributed by atoms with Gasteiger partial charge in [-0.2, -0.15) is 15.0 Å². The van der Waals surface area contributed by atoms with E-state index in [4.69, 9.17) is 4.74 Å². The molecule has 2 aliphatic heterocycles. The quantitative estimate of drug-likeness (QED) is 0.766. The molecule has 0 unspecified atom stereocenters. The number of methoxy groups -OCH3 is 1. The van der Waals surface area contributed by atoms with Gasteiger partial charge in [0.2, 0.25) is 0 Å². The highest BCUT2D eigenvalue weighted by Gasteiger charge is 2.34. The van der Waals surface area contributed by atoms with E-state index in [0.717, 1.165) is 17.0 Å². The van der Waals surface area contributed by atoms with E-state index < -0.39 is 29.9 Å². The minimum Gasteiger partial charge on any atom is -0.453 e. The van der Waals surface area contributed by atoms with Gasteiger partial charge in [0.15, 0.2) is 11.6 Å². The number of anilines is 2. The molecule has 4 rings (SSSR count). The fraction of sp³-hybridized carbons (Fsp3) is 0.474. The van der Waals surface area contributed by atoms with Crippen molar-refractivity contribution >= 4 is 23.6 Å². The van der Waals surface area contributed by atoms with Crippen molar-refractivity contribution in [2.24, 2.45) is 0 Å². The second-order valence-electron chi connectivity index (χ2n) is 7.31. The normalized spacial score (nSPS) is 19.5. The van der Waals surface area contributed by atoms with Crippen LogP contribution in [0.4, 0.5) is 29.7 Å². The molecule has 0 saturated carbocycles. The Labute approximate surface area is 176 Å². The van der Waals surface area contributed by atoms with Gasteiger partial charge in [-0.1, -0.05) is 0 Å². The first-order valence-corrected chi connectivity index (χ1v) is 9.86. The molecule has 0 bridgehead atoms. The van der Waals surface area contributed by atoms with Gasteiger partial charge in [-0.05, 0) is 12.8 Å². The molecule has 3 heterocycles. The van der Waals surface area contributed by atoms with Crippen molar-refractivity contribution in [2.75, 3.05) is 43.1 Å². The molecule has 2 saturated heterocycles. The van der Waals surface area contributed by atoms with E-state index in [1.54, 1.807) is 22.1 Å². The van der Waals surface area contributed by atoms with Crippen LogP contribution in [0.15, 0.2) is 24.5 Å². The van der Waals surface area contributed by atoms with Crippen LogP contribution >= 0.6 is 0 Å². The molecule has 10 nitrogen and oxygen atoms in total. The van der Waals surface area contributed by atoms with Crippen LogP contribution in [-0.4, -0.2) is 66.6 Å². The molecule has 0 radical (unpaired) electrons. The smallest absolute Gasteiger partial charge is 0.414 e. The Morgan fingerprint density at radius 3 is 2.48 bits per heavy atom. The maximum Gasteiger partial charge on any atom is 0.414 e. The molecular weight excluding hydrogens is 414 g/mol. The number of rotatable bonds is 5. The van der Waals surface area contributed by atoms with Gasteiger partial charge < -0.3 is 19.7 Å². The largest absolute Gasteiger partial charge is 0.453 e. The third-order valence-electron chi connectivity index (χ3n) is 5.39. The first-order valence-electron chi connectivity index (χ1n) is 9.86. The Bertz CT molecular complexity index is 926. The van der Waals surface area contributed by atoms with Gasteiger partial charge in [0, 0.05) is 25.2 Å². The van der Waals surface area contributed by atoms with Crippen molar-refractivity contribution in [1.29, 1.82) is 0 Å². The minimum absolute atomic E-state index is 0.0258. The van der Waals surface area contributed by atoms with Crippen LogP contribution in [0.25, 0.3) is 0 Å². The number of amides is 2. The number of ether oxygens (including phenoxy) is 2. The second-order valence-corrected chi connectivity index (χ2v) is 7.31. The van der Waals surface area contributed by atoms with Crippen molar-refractivity contribution in [2.45, 2.75) is 25.0 Å². The van der Waals surface area contributed by atoms with Crippen LogP contribution in [0.5, 0.6) is 0 Å². The fourth-order valence-electron chi connectivity index (χ4n) is 3.85. The number of piperidine rings is 1. The first-order chi connectivity index (χ1) is 15.0. The van der Waals surface area contributed by atoms with E-state index in [2.05, 4.69) is 20.3 Å². The summed E-state index contributed by atoms with van der Waals surface area (Å²) < 4.78 is 39.4. The Morgan fingerprint density at radius 1 is 1.23 bits per heavy atom. The summed E-state index contributed by atoms with van der Waals surface area (Å²) in [6.07, 6.45) is 2.45. The van der Waals surface area contributed by atoms with Gasteiger partial charge in [-0.25, -0.2) is 18.4 Å². The summed E-state index contributed by atoms with van der Waals surface area (Å²) in [7, 11) is 1.21. The summed E-state index contributed by atoms with van der Waals surface area (Å²) in [5, 5.41) is 10.7. The number of halogens is 2. The van der Waals surface area contributed by atoms with Crippen molar-refractivity contribution in [3.63, 3.8) is 0 Å². The van der Waals surface area contributed by atoms with Crippen LogP contribution in [0, 0.1) is 11.6 Å². The minimum atomic E-state index is -0.755. The number of alkyl carbamates (subject to hydrolysis) is 1. The SMILES string of the molecule is COC(=O)NC[C@H]1CN(c2cc(F)c(N3CCC(n4nccn4)CC3)c(F)c2)C(=O)O1. The first kappa shape index (κ1) is 20.8. The number of carbonyl (C=O) groups excluding carboxylic acids is 2. The maximum absolute atomic E-state index is 14.9. The lowest BCUT2D eigenvalue weighted by Gasteiger charge is -2.33. The van der Waals surface area contributed by atoms with Gasteiger partial charge in [0.25, 0.3) is 0 Å². The molecule has 1 atom stereocenters. The molecule has 0 aliphatic carbocycles. The number of carbonyl (C=O) groups is 2. The molecule has 2 fully saturated rings. The number of hydrogen-bond donors (Lipinski definition) is 1. The number of benzene rings is 1. The van der Waals surface area contributed by atoms with Crippen molar-refractivity contribution in [1.82, 2.24) is 20.3 Å². The summed E-state index contributed by atoms with van der Waals surface area (Å²) >= 11 is 0. The summed E-state index contributed by atoms with van der Waals surface area (Å²) in [4.78, 5) is 27.7. The topological polar surface area (TPSA) is 102 Å². The molecule has 0 spiro atoms. The number of nitrogens with one attached hydrogen (secondary N) is 1. The van der Waals surface area contributed by atoms with Crippen LogP contribution in [0.2, 0.25) is 0 Å². The standard InChI is InChI=1S/C19H22F2N6O4/c1-30-18(28)22-10-14-11-26(19(29)31-14)13-8-15(20)17(16(21)9-13)25-6-2-12(3-7-25)27-23-4-5-24-27/h4-5,8-9,12,14H,2-3,6-7,10-11H2,1H3,(H,22,28)/t14-/m0/s1. The van der Waals surface area contributed by atoms with E-state index in [1.165, 1.54) is 7.11 Å². The third-order valence-corrected chi connectivity index (χ3v) is 5.39. The lowest BCUT2D eigenvalue weighted by atomic mass is 10.0. The maximum atomic E-state index is 14.9. The van der Waals surface area contributed by atoms with Crippen LogP contribution < -0.4 is 15.1 Å². The van der Waals surface area contributed by atoms with E-state index >= 15 is 0 Å². The Hall–Kier alpha value is -3.44. The second kappa shape index (κ2) is 8.74. The van der Waals surface area contributed by atoms with Gasteiger partial charge >= 0.3 is 12.2 Å². The van der Waals surface area contributed by atoms with E-state index in [9.17, 15) is 18.4 Å². The summed E-state index contributed by atoms with van der Waals surface area (Å²) in [5.41, 5.74) is -0.0629. The van der Waals surface area contributed by atoms with E-state index in [-0.39, 0.29) is 30.5 Å². The predicted octanol–water partition coefficient (Wildman–Crippen LogP) is 2.08. The molecule has 2 aromatic rings. The van der Waals surface area contributed by atoms with Gasteiger partial charge in [0.05, 0.1) is 44.3 Å². The Kier molecular flexibility index (Phi) is 5.87. The number of hydrogen-bond acceptors (Lipinski definition) is 7. The Morgan fingerprint density at radius 2 is 1.87 bits per heavy atom. The summed E-state index contributed by atoms with van der Waals surface area (Å²) in [6, 6.07) is 2.33. The molecule has 12 heteroatoms. The lowest BCUT2D eigenvalue weighted by molar-refractivity contribution is 0.132. The van der Waals surface area contributed by atoms with Gasteiger partial charge in [-0.3, -0.25) is 4.90 Å².